The molecule has 0 bridgehead atoms. The van der Waals surface area contributed by atoms with Gasteiger partial charge < -0.3 is 10.3 Å². The molecular formula is C11H17N3S. The average Bonchev–Trinajstić information content (AvgIpc) is 2.16. The first-order valence-electron chi connectivity index (χ1n) is 5.32. The van der Waals surface area contributed by atoms with Crippen LogP contribution in [0.5, 0.6) is 0 Å². The Bertz CT molecular complexity index is 428. The molecule has 0 aromatic carbocycles. The van der Waals surface area contributed by atoms with Gasteiger partial charge in [-0.15, -0.1) is 0 Å². The van der Waals surface area contributed by atoms with Crippen LogP contribution in [0.3, 0.4) is 0 Å². The standard InChI is InChI=1S/C11H17N3S/c1-11(2,3)10-13-8-4-5-12-6-7(8)9(15)14-10/h12H,4-6H2,1-3H3,(H,13,14,15). The van der Waals surface area contributed by atoms with E-state index in [2.05, 4.69) is 36.1 Å². The van der Waals surface area contributed by atoms with E-state index in [1.807, 2.05) is 0 Å². The van der Waals surface area contributed by atoms with Gasteiger partial charge in [0.2, 0.25) is 0 Å². The van der Waals surface area contributed by atoms with Gasteiger partial charge in [-0.05, 0) is 0 Å². The number of aromatic amines is 1. The number of fused-ring (bicyclic) bond motifs is 1. The number of hydrogen-bond acceptors (Lipinski definition) is 3. The van der Waals surface area contributed by atoms with Gasteiger partial charge in [0.25, 0.3) is 0 Å². The van der Waals surface area contributed by atoms with Gasteiger partial charge in [0.15, 0.2) is 0 Å². The molecule has 4 heteroatoms. The first-order chi connectivity index (χ1) is 6.98. The van der Waals surface area contributed by atoms with E-state index in [1.165, 1.54) is 11.3 Å². The van der Waals surface area contributed by atoms with Gasteiger partial charge in [0, 0.05) is 36.2 Å². The molecule has 3 nitrogen and oxygen atoms in total. The second-order valence-corrected chi connectivity index (χ2v) is 5.41. The number of aromatic nitrogens is 2. The molecule has 2 heterocycles. The van der Waals surface area contributed by atoms with Crippen molar-refractivity contribution >= 4 is 12.2 Å². The van der Waals surface area contributed by atoms with Crippen LogP contribution in [-0.2, 0) is 18.4 Å². The molecule has 1 aromatic heterocycles. The topological polar surface area (TPSA) is 40.7 Å². The monoisotopic (exact) mass is 223 g/mol. The molecule has 0 saturated carbocycles. The summed E-state index contributed by atoms with van der Waals surface area (Å²) >= 11 is 5.32. The van der Waals surface area contributed by atoms with Crippen LogP contribution < -0.4 is 5.32 Å². The number of hydrogen-bond donors (Lipinski definition) is 2. The van der Waals surface area contributed by atoms with Crippen LogP contribution >= 0.6 is 12.2 Å². The third-order valence-electron chi connectivity index (χ3n) is 2.67. The van der Waals surface area contributed by atoms with E-state index < -0.39 is 0 Å². The number of nitrogens with one attached hydrogen (secondary N) is 2. The fourth-order valence-electron chi connectivity index (χ4n) is 1.72. The van der Waals surface area contributed by atoms with Crippen LogP contribution in [0.4, 0.5) is 0 Å². The highest BCUT2D eigenvalue weighted by atomic mass is 32.1. The second-order valence-electron chi connectivity index (χ2n) is 5.02. The molecule has 2 N–H and O–H groups in total. The molecule has 82 valence electrons. The molecular weight excluding hydrogens is 206 g/mol. The lowest BCUT2D eigenvalue weighted by molar-refractivity contribution is 0.528. The van der Waals surface area contributed by atoms with Crippen LogP contribution in [0.25, 0.3) is 0 Å². The molecule has 0 aliphatic carbocycles. The van der Waals surface area contributed by atoms with E-state index >= 15 is 0 Å². The zero-order chi connectivity index (χ0) is 11.1. The predicted molar refractivity (Wildman–Crippen MR) is 63.5 cm³/mol. The molecule has 0 fully saturated rings. The van der Waals surface area contributed by atoms with Gasteiger partial charge in [-0.1, -0.05) is 33.0 Å². The second kappa shape index (κ2) is 3.68. The highest BCUT2D eigenvalue weighted by Gasteiger charge is 2.20. The Kier molecular flexibility index (Phi) is 2.64. The third-order valence-corrected chi connectivity index (χ3v) is 3.01. The first kappa shape index (κ1) is 10.8. The Hall–Kier alpha value is -0.740. The van der Waals surface area contributed by atoms with E-state index in [-0.39, 0.29) is 5.41 Å². The van der Waals surface area contributed by atoms with Gasteiger partial charge in [-0.25, -0.2) is 4.98 Å². The van der Waals surface area contributed by atoms with Gasteiger partial charge in [-0.2, -0.15) is 0 Å². The minimum absolute atomic E-state index is 0.0352. The zero-order valence-electron chi connectivity index (χ0n) is 9.48. The smallest absolute Gasteiger partial charge is 0.134 e. The third kappa shape index (κ3) is 2.11. The summed E-state index contributed by atoms with van der Waals surface area (Å²) in [5, 5.41) is 3.31. The summed E-state index contributed by atoms with van der Waals surface area (Å²) in [5.41, 5.74) is 2.47. The summed E-state index contributed by atoms with van der Waals surface area (Å²) in [7, 11) is 0. The minimum Gasteiger partial charge on any atom is -0.346 e. The average molecular weight is 223 g/mol. The van der Waals surface area contributed by atoms with Crippen LogP contribution in [0.15, 0.2) is 0 Å². The molecule has 0 spiro atoms. The predicted octanol–water partition coefficient (Wildman–Crippen LogP) is 2.08. The molecule has 2 rings (SSSR count). The molecule has 0 radical (unpaired) electrons. The molecule has 1 aromatic rings. The Morgan fingerprint density at radius 3 is 2.73 bits per heavy atom. The fraction of sp³-hybridized carbons (Fsp3) is 0.636. The SMILES string of the molecule is CC(C)(C)c1nc(=S)c2c([nH]1)CCNC2. The summed E-state index contributed by atoms with van der Waals surface area (Å²) < 4.78 is 0.751. The summed E-state index contributed by atoms with van der Waals surface area (Å²) in [6.45, 7) is 8.31. The number of rotatable bonds is 0. The normalized spacial score (nSPS) is 16.2. The largest absolute Gasteiger partial charge is 0.346 e. The van der Waals surface area contributed by atoms with Crippen molar-refractivity contribution in [1.82, 2.24) is 15.3 Å². The van der Waals surface area contributed by atoms with E-state index in [1.54, 1.807) is 0 Å². The van der Waals surface area contributed by atoms with Crippen LogP contribution in [0, 0.1) is 4.64 Å². The van der Waals surface area contributed by atoms with E-state index in [0.29, 0.717) is 0 Å². The Morgan fingerprint density at radius 1 is 1.33 bits per heavy atom. The molecule has 0 atom stereocenters. The van der Waals surface area contributed by atoms with E-state index in [9.17, 15) is 0 Å². The van der Waals surface area contributed by atoms with Crippen LogP contribution in [0.2, 0.25) is 0 Å². The number of H-pyrrole nitrogens is 1. The van der Waals surface area contributed by atoms with Crippen molar-refractivity contribution in [2.45, 2.75) is 39.2 Å². The number of nitrogens with zero attached hydrogens (tertiary/aromatic N) is 1. The van der Waals surface area contributed by atoms with Crippen molar-refractivity contribution in [3.05, 3.63) is 21.7 Å². The van der Waals surface area contributed by atoms with Crippen molar-refractivity contribution < 1.29 is 0 Å². The fourth-order valence-corrected chi connectivity index (χ4v) is 2.01. The zero-order valence-corrected chi connectivity index (χ0v) is 10.3. The molecule has 1 aliphatic heterocycles. The van der Waals surface area contributed by atoms with Gasteiger partial charge in [-0.3, -0.25) is 0 Å². The molecule has 0 unspecified atom stereocenters. The molecule has 1 aliphatic rings. The maximum atomic E-state index is 5.32. The van der Waals surface area contributed by atoms with Crippen LogP contribution in [0.1, 0.15) is 37.9 Å². The van der Waals surface area contributed by atoms with Gasteiger partial charge in [0.1, 0.15) is 10.5 Å². The first-order valence-corrected chi connectivity index (χ1v) is 5.72. The maximum Gasteiger partial charge on any atom is 0.134 e. The molecule has 15 heavy (non-hydrogen) atoms. The van der Waals surface area contributed by atoms with E-state index in [0.717, 1.165) is 30.0 Å². The maximum absolute atomic E-state index is 5.32. The highest BCUT2D eigenvalue weighted by Crippen LogP contribution is 2.21. The summed E-state index contributed by atoms with van der Waals surface area (Å²) in [4.78, 5) is 7.90. The van der Waals surface area contributed by atoms with Crippen LogP contribution in [-0.4, -0.2) is 16.5 Å². The highest BCUT2D eigenvalue weighted by molar-refractivity contribution is 7.71. The lowest BCUT2D eigenvalue weighted by atomic mass is 9.95. The van der Waals surface area contributed by atoms with Crippen molar-refractivity contribution in [3.8, 4) is 0 Å². The van der Waals surface area contributed by atoms with E-state index in [4.69, 9.17) is 12.2 Å². The van der Waals surface area contributed by atoms with Crippen molar-refractivity contribution in [2.24, 2.45) is 0 Å². The minimum atomic E-state index is 0.0352. The lowest BCUT2D eigenvalue weighted by Gasteiger charge is -2.22. The quantitative estimate of drug-likeness (QED) is 0.662. The van der Waals surface area contributed by atoms with Crippen molar-refractivity contribution in [3.63, 3.8) is 0 Å². The van der Waals surface area contributed by atoms with Crippen molar-refractivity contribution in [1.29, 1.82) is 0 Å². The summed E-state index contributed by atoms with van der Waals surface area (Å²) in [6, 6.07) is 0. The Morgan fingerprint density at radius 2 is 2.07 bits per heavy atom. The Balaban J connectivity index is 2.55. The van der Waals surface area contributed by atoms with Gasteiger partial charge in [0.05, 0.1) is 0 Å². The van der Waals surface area contributed by atoms with Gasteiger partial charge >= 0.3 is 0 Å². The lowest BCUT2D eigenvalue weighted by Crippen LogP contribution is -2.27. The molecule has 0 amide bonds. The Labute approximate surface area is 95.3 Å². The molecule has 0 saturated heterocycles. The summed E-state index contributed by atoms with van der Waals surface area (Å²) in [6.07, 6.45) is 1.02. The van der Waals surface area contributed by atoms with Crippen molar-refractivity contribution in [2.75, 3.05) is 6.54 Å². The summed E-state index contributed by atoms with van der Waals surface area (Å²) in [5.74, 6) is 0.994.